The molecule has 8 heteroatoms. The fourth-order valence-corrected chi connectivity index (χ4v) is 5.05. The first-order valence-electron chi connectivity index (χ1n) is 8.87. The van der Waals surface area contributed by atoms with Gasteiger partial charge in [0.2, 0.25) is 9.84 Å². The summed E-state index contributed by atoms with van der Waals surface area (Å²) in [7, 11) is -3.97. The number of morpholine rings is 1. The number of hydrogen-bond donors (Lipinski definition) is 0. The molecular weight excluding hydrogens is 400 g/mol. The molecule has 2 aromatic carbocycles. The van der Waals surface area contributed by atoms with Gasteiger partial charge in [0.05, 0.1) is 23.8 Å². The van der Waals surface area contributed by atoms with Gasteiger partial charge >= 0.3 is 0 Å². The molecule has 0 radical (unpaired) electrons. The van der Waals surface area contributed by atoms with E-state index in [0.29, 0.717) is 37.0 Å². The zero-order chi connectivity index (χ0) is 19.9. The molecule has 1 saturated heterocycles. The van der Waals surface area contributed by atoms with Crippen molar-refractivity contribution in [3.63, 3.8) is 0 Å². The van der Waals surface area contributed by atoms with Crippen molar-refractivity contribution in [3.05, 3.63) is 64.2 Å². The van der Waals surface area contributed by atoms with Crippen LogP contribution in [0.3, 0.4) is 0 Å². The number of fused-ring (bicyclic) bond motifs is 1. The number of hydrogen-bond acceptors (Lipinski definition) is 5. The Morgan fingerprint density at radius 2 is 1.86 bits per heavy atom. The van der Waals surface area contributed by atoms with Crippen molar-refractivity contribution in [2.24, 2.45) is 0 Å². The van der Waals surface area contributed by atoms with E-state index in [2.05, 4.69) is 0 Å². The number of aryl methyl sites for hydroxylation is 1. The monoisotopic (exact) mass is 418 g/mol. The van der Waals surface area contributed by atoms with Gasteiger partial charge in [0.15, 0.2) is 4.91 Å². The molecule has 0 atom stereocenters. The zero-order valence-electron chi connectivity index (χ0n) is 15.3. The smallest absolute Gasteiger partial charge is 0.267 e. The molecule has 2 aliphatic rings. The van der Waals surface area contributed by atoms with Gasteiger partial charge < -0.3 is 14.5 Å². The number of carbonyl (C=O) groups is 1. The van der Waals surface area contributed by atoms with Gasteiger partial charge in [-0.15, -0.1) is 0 Å². The number of benzene rings is 2. The van der Waals surface area contributed by atoms with Gasteiger partial charge in [0.25, 0.3) is 5.91 Å². The molecular formula is C20H19ClN2O4S. The number of amides is 1. The molecule has 6 nitrogen and oxygen atoms in total. The summed E-state index contributed by atoms with van der Waals surface area (Å²) in [5, 5.41) is 0.419. The lowest BCUT2D eigenvalue weighted by Gasteiger charge is -2.32. The largest absolute Gasteiger partial charge is 0.378 e. The Morgan fingerprint density at radius 1 is 1.11 bits per heavy atom. The summed E-state index contributed by atoms with van der Waals surface area (Å²) in [6.45, 7) is 3.47. The van der Waals surface area contributed by atoms with Crippen LogP contribution in [-0.4, -0.2) is 45.5 Å². The van der Waals surface area contributed by atoms with Gasteiger partial charge in [-0.1, -0.05) is 23.7 Å². The van der Waals surface area contributed by atoms with Gasteiger partial charge in [-0.3, -0.25) is 4.79 Å². The molecule has 2 aromatic rings. The molecule has 2 heterocycles. The summed E-state index contributed by atoms with van der Waals surface area (Å²) in [5.74, 6) is -0.512. The van der Waals surface area contributed by atoms with Crippen LogP contribution in [-0.2, 0) is 19.4 Å². The van der Waals surface area contributed by atoms with E-state index in [0.717, 1.165) is 11.3 Å². The summed E-state index contributed by atoms with van der Waals surface area (Å²) in [6.07, 6.45) is 1.40. The number of anilines is 2. The van der Waals surface area contributed by atoms with Crippen LogP contribution in [0.2, 0.25) is 5.02 Å². The van der Waals surface area contributed by atoms with Crippen molar-refractivity contribution in [2.75, 3.05) is 31.2 Å². The van der Waals surface area contributed by atoms with Crippen molar-refractivity contribution >= 4 is 38.7 Å². The van der Waals surface area contributed by atoms with Crippen molar-refractivity contribution in [1.29, 1.82) is 0 Å². The molecule has 1 fully saturated rings. The van der Waals surface area contributed by atoms with E-state index in [1.807, 2.05) is 31.2 Å². The molecule has 2 aliphatic heterocycles. The Morgan fingerprint density at radius 3 is 2.57 bits per heavy atom. The molecule has 0 saturated carbocycles. The fraction of sp³-hybridized carbons (Fsp3) is 0.250. The average Bonchev–Trinajstić information content (AvgIpc) is 2.68. The molecule has 0 aliphatic carbocycles. The van der Waals surface area contributed by atoms with Crippen LogP contribution in [0.25, 0.3) is 0 Å². The number of nitrogens with zero attached hydrogens (tertiary/aromatic N) is 2. The van der Waals surface area contributed by atoms with Crippen molar-refractivity contribution in [2.45, 2.75) is 11.8 Å². The van der Waals surface area contributed by atoms with Crippen molar-refractivity contribution in [3.8, 4) is 0 Å². The number of sulfone groups is 1. The molecule has 0 spiro atoms. The maximum absolute atomic E-state index is 13.2. The number of carbonyl (C=O) groups excluding carboxylic acids is 1. The SMILES string of the molecule is Cc1cccc(N2C=C(C(=O)N3CCOCC3)S(=O)(=O)c3ccc(Cl)cc32)c1. The molecule has 0 N–H and O–H groups in total. The predicted molar refractivity (Wildman–Crippen MR) is 107 cm³/mol. The Hall–Kier alpha value is -2.35. The predicted octanol–water partition coefficient (Wildman–Crippen LogP) is 3.27. The third-order valence-electron chi connectivity index (χ3n) is 4.79. The minimum absolute atomic E-state index is 0.0671. The Labute approximate surface area is 168 Å². The molecule has 146 valence electrons. The molecule has 0 bridgehead atoms. The first-order chi connectivity index (χ1) is 13.4. The van der Waals surface area contributed by atoms with E-state index in [9.17, 15) is 13.2 Å². The summed E-state index contributed by atoms with van der Waals surface area (Å²) >= 11 is 6.14. The Bertz CT molecular complexity index is 1080. The lowest BCUT2D eigenvalue weighted by atomic mass is 10.2. The van der Waals surface area contributed by atoms with Crippen LogP contribution in [0, 0.1) is 6.92 Å². The standard InChI is InChI=1S/C20H19ClN2O4S/c1-14-3-2-4-16(11-14)23-13-19(20(24)22-7-9-27-10-8-22)28(25,26)18-6-5-15(21)12-17(18)23/h2-6,11-13H,7-10H2,1H3. The Balaban J connectivity index is 1.88. The second-order valence-electron chi connectivity index (χ2n) is 6.72. The summed E-state index contributed by atoms with van der Waals surface area (Å²) in [6, 6.07) is 12.2. The van der Waals surface area contributed by atoms with Gasteiger partial charge in [-0.05, 0) is 42.8 Å². The number of rotatable bonds is 2. The van der Waals surface area contributed by atoms with Gasteiger partial charge in [0.1, 0.15) is 0 Å². The quantitative estimate of drug-likeness (QED) is 0.748. The second-order valence-corrected chi connectivity index (χ2v) is 9.05. The average molecular weight is 419 g/mol. The highest BCUT2D eigenvalue weighted by molar-refractivity contribution is 7.96. The normalized spacial score (nSPS) is 18.4. The maximum atomic E-state index is 13.2. The minimum Gasteiger partial charge on any atom is -0.378 e. The lowest BCUT2D eigenvalue weighted by molar-refractivity contribution is -0.130. The second kappa shape index (κ2) is 7.24. The molecule has 28 heavy (non-hydrogen) atoms. The van der Waals surface area contributed by atoms with Crippen LogP contribution in [0.15, 0.2) is 58.5 Å². The summed E-state index contributed by atoms with van der Waals surface area (Å²) in [4.78, 5) is 16.1. The van der Waals surface area contributed by atoms with Crippen molar-refractivity contribution < 1.29 is 17.9 Å². The van der Waals surface area contributed by atoms with Gasteiger partial charge in [-0.25, -0.2) is 8.42 Å². The van der Waals surface area contributed by atoms with E-state index in [1.165, 1.54) is 23.2 Å². The molecule has 0 aromatic heterocycles. The van der Waals surface area contributed by atoms with E-state index < -0.39 is 15.7 Å². The third kappa shape index (κ3) is 3.30. The topological polar surface area (TPSA) is 66.9 Å². The molecule has 1 amide bonds. The van der Waals surface area contributed by atoms with E-state index in [4.69, 9.17) is 16.3 Å². The van der Waals surface area contributed by atoms with Crippen molar-refractivity contribution in [1.82, 2.24) is 4.90 Å². The fourth-order valence-electron chi connectivity index (χ4n) is 3.36. The molecule has 4 rings (SSSR count). The van der Waals surface area contributed by atoms with Crippen LogP contribution in [0.5, 0.6) is 0 Å². The van der Waals surface area contributed by atoms with Crippen LogP contribution in [0.1, 0.15) is 5.56 Å². The minimum atomic E-state index is -3.97. The lowest BCUT2D eigenvalue weighted by Crippen LogP contribution is -2.43. The van der Waals surface area contributed by atoms with E-state index in [1.54, 1.807) is 11.0 Å². The Kier molecular flexibility index (Phi) is 4.91. The maximum Gasteiger partial charge on any atom is 0.267 e. The highest BCUT2D eigenvalue weighted by Gasteiger charge is 2.38. The van der Waals surface area contributed by atoms with Crippen LogP contribution < -0.4 is 4.90 Å². The molecule has 0 unspecified atom stereocenters. The highest BCUT2D eigenvalue weighted by atomic mass is 35.5. The third-order valence-corrected chi connectivity index (χ3v) is 6.81. The zero-order valence-corrected chi connectivity index (χ0v) is 16.8. The number of ether oxygens (including phenoxy) is 1. The summed E-state index contributed by atoms with van der Waals surface area (Å²) < 4.78 is 31.7. The van der Waals surface area contributed by atoms with E-state index >= 15 is 0 Å². The van der Waals surface area contributed by atoms with Gasteiger partial charge in [0, 0.05) is 30.0 Å². The summed E-state index contributed by atoms with van der Waals surface area (Å²) in [5.41, 5.74) is 2.20. The first-order valence-corrected chi connectivity index (χ1v) is 10.7. The van der Waals surface area contributed by atoms with Gasteiger partial charge in [-0.2, -0.15) is 0 Å². The van der Waals surface area contributed by atoms with E-state index in [-0.39, 0.29) is 9.80 Å². The number of halogens is 1. The van der Waals surface area contributed by atoms with Crippen LogP contribution in [0.4, 0.5) is 11.4 Å². The first kappa shape index (κ1) is 19.0. The van der Waals surface area contributed by atoms with Crippen LogP contribution >= 0.6 is 11.6 Å². The highest BCUT2D eigenvalue weighted by Crippen LogP contribution is 2.41.